The summed E-state index contributed by atoms with van der Waals surface area (Å²) in [6.45, 7) is 7.12. The molecule has 1 aromatic carbocycles. The van der Waals surface area contributed by atoms with Gasteiger partial charge in [0.05, 0.1) is 5.52 Å². The average Bonchev–Trinajstić information content (AvgIpc) is 2.72. The average molecular weight is 276 g/mol. The Morgan fingerprint density at radius 3 is 2.70 bits per heavy atom. The maximum atomic E-state index is 11.8. The van der Waals surface area contributed by atoms with Crippen molar-refractivity contribution in [1.29, 1.82) is 0 Å². The highest BCUT2D eigenvalue weighted by molar-refractivity contribution is 5.73. The minimum atomic E-state index is -0.283. The van der Waals surface area contributed by atoms with Gasteiger partial charge >= 0.3 is 5.76 Å². The van der Waals surface area contributed by atoms with Crippen molar-refractivity contribution in [2.75, 3.05) is 0 Å². The molecule has 4 heteroatoms. The smallest absolute Gasteiger partial charge is 0.408 e. The number of oxazole rings is 1. The number of hydrogen-bond acceptors (Lipinski definition) is 3. The fourth-order valence-electron chi connectivity index (χ4n) is 2.43. The van der Waals surface area contributed by atoms with Crippen LogP contribution in [0.4, 0.5) is 0 Å². The summed E-state index contributed by atoms with van der Waals surface area (Å²) in [4.78, 5) is 11.8. The Kier molecular flexibility index (Phi) is 4.65. The van der Waals surface area contributed by atoms with Gasteiger partial charge in [0.1, 0.15) is 0 Å². The number of fused-ring (bicyclic) bond motifs is 1. The predicted molar refractivity (Wildman–Crippen MR) is 81.8 cm³/mol. The Balaban J connectivity index is 2.28. The van der Waals surface area contributed by atoms with Gasteiger partial charge in [0.2, 0.25) is 0 Å². The first-order valence-corrected chi connectivity index (χ1v) is 7.41. The monoisotopic (exact) mass is 276 g/mol. The molecular formula is C16H24N2O2. The molecule has 0 aliphatic heterocycles. The van der Waals surface area contributed by atoms with E-state index in [-0.39, 0.29) is 11.8 Å². The van der Waals surface area contributed by atoms with Gasteiger partial charge in [-0.1, -0.05) is 26.8 Å². The zero-order valence-electron chi connectivity index (χ0n) is 12.6. The third-order valence-electron chi connectivity index (χ3n) is 3.62. The van der Waals surface area contributed by atoms with Crippen LogP contribution < -0.4 is 11.5 Å². The second kappa shape index (κ2) is 6.27. The van der Waals surface area contributed by atoms with Crippen molar-refractivity contribution in [2.45, 2.75) is 52.6 Å². The van der Waals surface area contributed by atoms with Crippen molar-refractivity contribution in [3.8, 4) is 0 Å². The first-order valence-electron chi connectivity index (χ1n) is 7.41. The van der Waals surface area contributed by atoms with Crippen LogP contribution in [0, 0.1) is 5.92 Å². The Morgan fingerprint density at radius 1 is 1.30 bits per heavy atom. The van der Waals surface area contributed by atoms with E-state index in [1.54, 1.807) is 4.57 Å². The molecule has 1 atom stereocenters. The summed E-state index contributed by atoms with van der Waals surface area (Å²) < 4.78 is 7.00. The Bertz CT molecular complexity index is 625. The third kappa shape index (κ3) is 3.12. The summed E-state index contributed by atoms with van der Waals surface area (Å²) in [6, 6.07) is 5.87. The molecule has 1 unspecified atom stereocenters. The lowest BCUT2D eigenvalue weighted by Crippen LogP contribution is -2.13. The van der Waals surface area contributed by atoms with Gasteiger partial charge in [-0.3, -0.25) is 4.57 Å². The summed E-state index contributed by atoms with van der Waals surface area (Å²) in [5.41, 5.74) is 8.75. The summed E-state index contributed by atoms with van der Waals surface area (Å²) >= 11 is 0. The molecule has 0 saturated carbocycles. The minimum absolute atomic E-state index is 0.00151. The first-order chi connectivity index (χ1) is 9.52. The number of aromatic nitrogens is 1. The van der Waals surface area contributed by atoms with Gasteiger partial charge in [0.25, 0.3) is 0 Å². The van der Waals surface area contributed by atoms with E-state index in [4.69, 9.17) is 10.2 Å². The van der Waals surface area contributed by atoms with E-state index in [2.05, 4.69) is 13.8 Å². The molecule has 1 aromatic heterocycles. The molecule has 0 aliphatic carbocycles. The summed E-state index contributed by atoms with van der Waals surface area (Å²) in [5.74, 6) is 0.364. The second-order valence-corrected chi connectivity index (χ2v) is 5.82. The highest BCUT2D eigenvalue weighted by atomic mass is 16.4. The number of benzene rings is 1. The second-order valence-electron chi connectivity index (χ2n) is 5.82. The Morgan fingerprint density at radius 2 is 2.05 bits per heavy atom. The van der Waals surface area contributed by atoms with Gasteiger partial charge in [-0.15, -0.1) is 0 Å². The number of rotatable bonds is 6. The van der Waals surface area contributed by atoms with Crippen molar-refractivity contribution < 1.29 is 4.42 Å². The molecule has 110 valence electrons. The molecule has 2 aromatic rings. The molecule has 0 amide bonds. The van der Waals surface area contributed by atoms with E-state index in [1.165, 1.54) is 0 Å². The normalized spacial score (nSPS) is 13.2. The molecule has 4 nitrogen and oxygen atoms in total. The molecule has 1 heterocycles. The quantitative estimate of drug-likeness (QED) is 0.879. The highest BCUT2D eigenvalue weighted by Crippen LogP contribution is 2.23. The zero-order valence-corrected chi connectivity index (χ0v) is 12.6. The fraction of sp³-hybridized carbons (Fsp3) is 0.562. The summed E-state index contributed by atoms with van der Waals surface area (Å²) in [6.07, 6.45) is 2.95. The molecule has 0 saturated heterocycles. The van der Waals surface area contributed by atoms with Crippen LogP contribution in [0.3, 0.4) is 0 Å². The van der Waals surface area contributed by atoms with Crippen molar-refractivity contribution in [1.82, 2.24) is 4.57 Å². The topological polar surface area (TPSA) is 61.2 Å². The van der Waals surface area contributed by atoms with Gasteiger partial charge in [0, 0.05) is 12.6 Å². The standard InChI is InChI=1S/C16H24N2O2/c1-4-9-18-14-8-6-12(10-15(14)20-16(18)19)13(17)7-5-11(2)3/h6,8,10-11,13H,4-5,7,9,17H2,1-3H3. The van der Waals surface area contributed by atoms with E-state index in [9.17, 15) is 4.79 Å². The van der Waals surface area contributed by atoms with E-state index in [0.29, 0.717) is 18.0 Å². The lowest BCUT2D eigenvalue weighted by molar-refractivity contribution is 0.499. The molecule has 2 rings (SSSR count). The third-order valence-corrected chi connectivity index (χ3v) is 3.62. The van der Waals surface area contributed by atoms with Crippen LogP contribution in [0.15, 0.2) is 27.4 Å². The van der Waals surface area contributed by atoms with Crippen LogP contribution in [0.2, 0.25) is 0 Å². The van der Waals surface area contributed by atoms with Crippen LogP contribution in [-0.4, -0.2) is 4.57 Å². The summed E-state index contributed by atoms with van der Waals surface area (Å²) in [5, 5.41) is 0. The number of aryl methyl sites for hydroxylation is 1. The van der Waals surface area contributed by atoms with Crippen LogP contribution in [0.5, 0.6) is 0 Å². The fourth-order valence-corrected chi connectivity index (χ4v) is 2.43. The molecule has 20 heavy (non-hydrogen) atoms. The maximum absolute atomic E-state index is 11.8. The van der Waals surface area contributed by atoms with Gasteiger partial charge in [-0.25, -0.2) is 4.79 Å². The molecule has 0 bridgehead atoms. The number of nitrogens with two attached hydrogens (primary N) is 1. The molecule has 0 radical (unpaired) electrons. The maximum Gasteiger partial charge on any atom is 0.419 e. The minimum Gasteiger partial charge on any atom is -0.408 e. The van der Waals surface area contributed by atoms with Crippen molar-refractivity contribution in [3.63, 3.8) is 0 Å². The Labute approximate surface area is 119 Å². The van der Waals surface area contributed by atoms with Gasteiger partial charge in [0.15, 0.2) is 5.58 Å². The van der Waals surface area contributed by atoms with Crippen LogP contribution in [0.1, 0.15) is 51.6 Å². The van der Waals surface area contributed by atoms with E-state index in [0.717, 1.165) is 30.3 Å². The predicted octanol–water partition coefficient (Wildman–Crippen LogP) is 3.44. The molecule has 0 aliphatic rings. The van der Waals surface area contributed by atoms with Crippen LogP contribution >= 0.6 is 0 Å². The molecule has 2 N–H and O–H groups in total. The van der Waals surface area contributed by atoms with E-state index in [1.807, 2.05) is 25.1 Å². The first kappa shape index (κ1) is 14.9. The summed E-state index contributed by atoms with van der Waals surface area (Å²) in [7, 11) is 0. The van der Waals surface area contributed by atoms with Gasteiger partial charge < -0.3 is 10.2 Å². The highest BCUT2D eigenvalue weighted by Gasteiger charge is 2.12. The molecule has 0 spiro atoms. The lowest BCUT2D eigenvalue weighted by atomic mass is 9.98. The largest absolute Gasteiger partial charge is 0.419 e. The van der Waals surface area contributed by atoms with E-state index >= 15 is 0 Å². The number of nitrogens with zero attached hydrogens (tertiary/aromatic N) is 1. The Hall–Kier alpha value is -1.55. The van der Waals surface area contributed by atoms with Crippen LogP contribution in [-0.2, 0) is 6.54 Å². The van der Waals surface area contributed by atoms with E-state index < -0.39 is 0 Å². The van der Waals surface area contributed by atoms with Gasteiger partial charge in [-0.2, -0.15) is 0 Å². The van der Waals surface area contributed by atoms with Crippen molar-refractivity contribution >= 4 is 11.1 Å². The zero-order chi connectivity index (χ0) is 14.7. The van der Waals surface area contributed by atoms with Crippen LogP contribution in [0.25, 0.3) is 11.1 Å². The number of hydrogen-bond donors (Lipinski definition) is 1. The molecule has 0 fully saturated rings. The van der Waals surface area contributed by atoms with Gasteiger partial charge in [-0.05, 0) is 42.9 Å². The molecular weight excluding hydrogens is 252 g/mol. The van der Waals surface area contributed by atoms with Crippen molar-refractivity contribution in [3.05, 3.63) is 34.3 Å². The SMILES string of the molecule is CCCn1c(=O)oc2cc(C(N)CCC(C)C)ccc21. The van der Waals surface area contributed by atoms with Crippen molar-refractivity contribution in [2.24, 2.45) is 11.7 Å². The lowest BCUT2D eigenvalue weighted by Gasteiger charge is -2.13.